The average molecular weight is 509 g/mol. The molecule has 4 fully saturated rings. The van der Waals surface area contributed by atoms with Crippen LogP contribution in [0.4, 0.5) is 4.39 Å². The molecule has 3 aliphatic heterocycles. The van der Waals surface area contributed by atoms with Gasteiger partial charge in [-0.15, -0.1) is 11.8 Å². The average Bonchev–Trinajstić information content (AvgIpc) is 3.38. The van der Waals surface area contributed by atoms with Crippen LogP contribution in [0, 0.1) is 17.7 Å². The molecule has 1 saturated carbocycles. The first-order valence-electron chi connectivity index (χ1n) is 13.4. The maximum absolute atomic E-state index is 13.8. The summed E-state index contributed by atoms with van der Waals surface area (Å²) in [5.74, 6) is 1.61. The van der Waals surface area contributed by atoms with Crippen molar-refractivity contribution in [2.45, 2.75) is 67.2 Å². The van der Waals surface area contributed by atoms with Gasteiger partial charge >= 0.3 is 0 Å². The molecule has 0 spiro atoms. The lowest BCUT2D eigenvalue weighted by Crippen LogP contribution is -2.62. The van der Waals surface area contributed by atoms with E-state index in [2.05, 4.69) is 5.16 Å². The summed E-state index contributed by atoms with van der Waals surface area (Å²) in [7, 11) is 0. The first kappa shape index (κ1) is 24.1. The molecule has 3 aromatic rings. The molecular weight excluding hydrogens is 473 g/mol. The second-order valence-corrected chi connectivity index (χ2v) is 12.4. The normalized spacial score (nSPS) is 28.2. The van der Waals surface area contributed by atoms with Gasteiger partial charge < -0.3 is 14.1 Å². The number of nitrogens with zero attached hydrogens (tertiary/aromatic N) is 3. The third-order valence-corrected chi connectivity index (χ3v) is 10.2. The minimum absolute atomic E-state index is 0.0870. The largest absolute Gasteiger partial charge is 0.377 e. The monoisotopic (exact) mass is 508 g/mol. The van der Waals surface area contributed by atoms with Gasteiger partial charge in [-0.2, -0.15) is 4.98 Å². The molecule has 36 heavy (non-hydrogen) atoms. The third kappa shape index (κ3) is 4.61. The Morgan fingerprint density at radius 1 is 1.00 bits per heavy atom. The zero-order valence-electron chi connectivity index (χ0n) is 20.7. The van der Waals surface area contributed by atoms with Crippen LogP contribution < -0.4 is 0 Å². The van der Waals surface area contributed by atoms with E-state index in [0.29, 0.717) is 29.4 Å². The van der Waals surface area contributed by atoms with Crippen LogP contribution in [-0.4, -0.2) is 44.6 Å². The van der Waals surface area contributed by atoms with E-state index in [9.17, 15) is 9.50 Å². The third-order valence-electron chi connectivity index (χ3n) is 8.81. The molecule has 0 radical (unpaired) electrons. The van der Waals surface area contributed by atoms with Gasteiger partial charge in [0.15, 0.2) is 12.1 Å². The Hall–Kier alpha value is -2.22. The summed E-state index contributed by atoms with van der Waals surface area (Å²) in [6.07, 6.45) is 7.74. The highest BCUT2D eigenvalue weighted by Crippen LogP contribution is 2.45. The highest BCUT2D eigenvalue weighted by atomic mass is 32.2. The van der Waals surface area contributed by atoms with Crippen molar-refractivity contribution >= 4 is 11.8 Å². The van der Waals surface area contributed by atoms with Crippen LogP contribution in [0.3, 0.4) is 0 Å². The van der Waals surface area contributed by atoms with E-state index in [4.69, 9.17) is 9.51 Å². The van der Waals surface area contributed by atoms with E-state index in [1.165, 1.54) is 25.3 Å². The molecule has 190 valence electrons. The molecule has 2 aromatic carbocycles. The molecule has 7 rings (SSSR count). The van der Waals surface area contributed by atoms with Crippen molar-refractivity contribution in [1.82, 2.24) is 10.1 Å². The summed E-state index contributed by atoms with van der Waals surface area (Å²) >= 11 is 1.81. The fourth-order valence-electron chi connectivity index (χ4n) is 6.81. The summed E-state index contributed by atoms with van der Waals surface area (Å²) in [6.45, 7) is 3.92. The number of aromatic nitrogens is 2. The molecular formula is C29H35FN3O2S+. The summed E-state index contributed by atoms with van der Waals surface area (Å²) in [4.78, 5) is 5.87. The number of rotatable bonds is 7. The first-order chi connectivity index (χ1) is 17.5. The van der Waals surface area contributed by atoms with Gasteiger partial charge in [0.2, 0.25) is 5.82 Å². The van der Waals surface area contributed by atoms with E-state index >= 15 is 0 Å². The zero-order chi connectivity index (χ0) is 24.6. The van der Waals surface area contributed by atoms with Crippen LogP contribution in [0.15, 0.2) is 64.0 Å². The van der Waals surface area contributed by atoms with Crippen molar-refractivity contribution in [2.24, 2.45) is 11.8 Å². The van der Waals surface area contributed by atoms with Gasteiger partial charge in [0.25, 0.3) is 5.89 Å². The second-order valence-electron chi connectivity index (χ2n) is 11.1. The summed E-state index contributed by atoms with van der Waals surface area (Å²) in [5, 5.41) is 17.0. The van der Waals surface area contributed by atoms with Crippen molar-refractivity contribution in [3.63, 3.8) is 0 Å². The lowest BCUT2D eigenvalue weighted by atomic mass is 9.73. The lowest BCUT2D eigenvalue weighted by molar-refractivity contribution is -0.955. The Morgan fingerprint density at radius 3 is 2.53 bits per heavy atom. The van der Waals surface area contributed by atoms with Crippen molar-refractivity contribution in [2.75, 3.05) is 19.6 Å². The molecule has 2 atom stereocenters. The number of benzene rings is 2. The van der Waals surface area contributed by atoms with E-state index in [1.54, 1.807) is 12.1 Å². The lowest BCUT2D eigenvalue weighted by Gasteiger charge is -2.51. The molecule has 1 aromatic heterocycles. The van der Waals surface area contributed by atoms with E-state index in [0.717, 1.165) is 60.3 Å². The fraction of sp³-hybridized carbons (Fsp3) is 0.517. The van der Waals surface area contributed by atoms with Crippen LogP contribution in [0.1, 0.15) is 62.2 Å². The first-order valence-corrected chi connectivity index (χ1v) is 14.3. The molecule has 7 heteroatoms. The fourth-order valence-corrected chi connectivity index (χ4v) is 8.36. The van der Waals surface area contributed by atoms with Gasteiger partial charge in [0.05, 0.1) is 24.9 Å². The molecule has 2 bridgehead atoms. The predicted octanol–water partition coefficient (Wildman–Crippen LogP) is 5.93. The van der Waals surface area contributed by atoms with Gasteiger partial charge in [0.1, 0.15) is 5.82 Å². The number of hydrogen-bond donors (Lipinski definition) is 1. The van der Waals surface area contributed by atoms with Gasteiger partial charge in [-0.05, 0) is 48.4 Å². The Balaban J connectivity index is 1.23. The minimum Gasteiger partial charge on any atom is -0.377 e. The second kappa shape index (κ2) is 9.92. The number of thioether (sulfide) groups is 1. The minimum atomic E-state index is -1.23. The van der Waals surface area contributed by atoms with Crippen molar-refractivity contribution in [1.29, 1.82) is 0 Å². The number of piperidine rings is 3. The maximum atomic E-state index is 13.8. The summed E-state index contributed by atoms with van der Waals surface area (Å²) in [6, 6.07) is 16.8. The number of halogens is 1. The molecule has 5 nitrogen and oxygen atoms in total. The molecule has 1 aliphatic carbocycles. The highest BCUT2D eigenvalue weighted by Gasteiger charge is 2.48. The molecule has 0 unspecified atom stereocenters. The van der Waals surface area contributed by atoms with Crippen LogP contribution in [0.2, 0.25) is 0 Å². The van der Waals surface area contributed by atoms with E-state index in [-0.39, 0.29) is 11.7 Å². The topological polar surface area (TPSA) is 59.2 Å². The number of fused-ring (bicyclic) bond motifs is 3. The van der Waals surface area contributed by atoms with Crippen LogP contribution >= 0.6 is 11.8 Å². The maximum Gasteiger partial charge on any atom is 0.282 e. The van der Waals surface area contributed by atoms with Gasteiger partial charge in [-0.3, -0.25) is 0 Å². The molecule has 1 N–H and O–H groups in total. The molecule has 4 heterocycles. The van der Waals surface area contributed by atoms with Crippen molar-refractivity contribution in [3.8, 4) is 0 Å². The molecule has 4 aliphatic rings. The number of hydrogen-bond acceptors (Lipinski definition) is 5. The van der Waals surface area contributed by atoms with Gasteiger partial charge in [-0.1, -0.05) is 60.8 Å². The number of quaternary nitrogens is 1. The zero-order valence-corrected chi connectivity index (χ0v) is 21.5. The summed E-state index contributed by atoms with van der Waals surface area (Å²) in [5.41, 5.74) is -0.379. The highest BCUT2D eigenvalue weighted by molar-refractivity contribution is 8.00. The van der Waals surface area contributed by atoms with Crippen molar-refractivity contribution < 1.29 is 18.5 Å². The van der Waals surface area contributed by atoms with Crippen molar-refractivity contribution in [3.05, 3.63) is 77.7 Å². The Bertz CT molecular complexity index is 1170. The van der Waals surface area contributed by atoms with E-state index < -0.39 is 5.60 Å². The van der Waals surface area contributed by atoms with Crippen LogP contribution in [0.5, 0.6) is 0 Å². The smallest absolute Gasteiger partial charge is 0.282 e. The van der Waals surface area contributed by atoms with Gasteiger partial charge in [-0.25, -0.2) is 4.39 Å². The quantitative estimate of drug-likeness (QED) is 0.401. The van der Waals surface area contributed by atoms with Gasteiger partial charge in [0, 0.05) is 17.7 Å². The predicted molar refractivity (Wildman–Crippen MR) is 138 cm³/mol. The Kier molecular flexibility index (Phi) is 6.65. The Morgan fingerprint density at radius 2 is 1.78 bits per heavy atom. The molecule has 0 amide bonds. The standard InChI is InChI=1S/C29H35FN3O2S/c30-24-12-7-13-25(18-24)36-26-19-33(16-14-21(26)15-17-33)20-27-31-28(32-35-27)29(34,22-8-3-1-4-9-22)23-10-5-2-6-11-23/h1,3-4,7-9,12-13,18,21,23,26,34H,2,5-6,10-11,14-17,19-20H2/q+1/t21?,26-,29-,33?/m0/s1. The van der Waals surface area contributed by atoms with Crippen LogP contribution in [0.25, 0.3) is 0 Å². The SMILES string of the molecule is O[C@](c1ccccc1)(c1noc(C[N+]23CCC(CC2)[C@@H](Sc2cccc(F)c2)C3)n1)C1CCCCC1. The summed E-state index contributed by atoms with van der Waals surface area (Å²) < 4.78 is 20.5. The number of aliphatic hydroxyl groups is 1. The Labute approximate surface area is 216 Å². The molecule has 3 saturated heterocycles. The van der Waals surface area contributed by atoms with Crippen LogP contribution in [-0.2, 0) is 12.1 Å². The van der Waals surface area contributed by atoms with E-state index in [1.807, 2.05) is 48.2 Å².